The lowest BCUT2D eigenvalue weighted by Gasteiger charge is -2.34. The van der Waals surface area contributed by atoms with Crippen LogP contribution < -0.4 is 5.32 Å². The molecule has 0 aliphatic carbocycles. The van der Waals surface area contributed by atoms with Crippen molar-refractivity contribution in [3.63, 3.8) is 0 Å². The van der Waals surface area contributed by atoms with Gasteiger partial charge in [0.15, 0.2) is 0 Å². The second-order valence-electron chi connectivity index (χ2n) is 4.18. The molecule has 0 saturated carbocycles. The van der Waals surface area contributed by atoms with Crippen molar-refractivity contribution < 1.29 is 9.18 Å². The minimum atomic E-state index is -0.523. The van der Waals surface area contributed by atoms with E-state index in [1.807, 2.05) is 6.92 Å². The number of halogens is 3. The maximum absolute atomic E-state index is 13.6. The van der Waals surface area contributed by atoms with E-state index < -0.39 is 5.82 Å². The number of benzene rings is 1. The topological polar surface area (TPSA) is 32.3 Å². The van der Waals surface area contributed by atoms with Crippen molar-refractivity contribution in [3.05, 3.63) is 34.6 Å². The molecule has 1 aromatic rings. The van der Waals surface area contributed by atoms with Gasteiger partial charge in [-0.3, -0.25) is 4.79 Å². The zero-order valence-corrected chi connectivity index (χ0v) is 11.5. The van der Waals surface area contributed by atoms with Crippen molar-refractivity contribution in [2.75, 3.05) is 19.6 Å². The summed E-state index contributed by atoms with van der Waals surface area (Å²) in [7, 11) is 0. The highest BCUT2D eigenvalue weighted by molar-refractivity contribution is 6.31. The molecular formula is C12H15Cl2FN2O. The third-order valence-electron chi connectivity index (χ3n) is 2.92. The number of carbonyl (C=O) groups excluding carboxylic acids is 1. The first kappa shape index (κ1) is 15.2. The quantitative estimate of drug-likeness (QED) is 0.862. The van der Waals surface area contributed by atoms with E-state index in [4.69, 9.17) is 11.6 Å². The van der Waals surface area contributed by atoms with Crippen LogP contribution in [-0.2, 0) is 0 Å². The maximum atomic E-state index is 13.6. The average molecular weight is 293 g/mol. The van der Waals surface area contributed by atoms with Crippen LogP contribution in [0.15, 0.2) is 18.2 Å². The summed E-state index contributed by atoms with van der Waals surface area (Å²) in [5, 5.41) is 3.56. The van der Waals surface area contributed by atoms with Gasteiger partial charge in [-0.2, -0.15) is 0 Å². The molecule has 0 aromatic heterocycles. The molecule has 2 rings (SSSR count). The van der Waals surface area contributed by atoms with E-state index in [9.17, 15) is 9.18 Å². The Labute approximate surface area is 117 Å². The van der Waals surface area contributed by atoms with Gasteiger partial charge in [0.05, 0.1) is 5.56 Å². The van der Waals surface area contributed by atoms with Gasteiger partial charge in [-0.15, -0.1) is 12.4 Å². The van der Waals surface area contributed by atoms with Crippen molar-refractivity contribution in [2.24, 2.45) is 0 Å². The Morgan fingerprint density at radius 3 is 2.94 bits per heavy atom. The first-order chi connectivity index (χ1) is 8.09. The Morgan fingerprint density at radius 1 is 1.56 bits per heavy atom. The summed E-state index contributed by atoms with van der Waals surface area (Å²) in [4.78, 5) is 13.9. The first-order valence-electron chi connectivity index (χ1n) is 5.56. The van der Waals surface area contributed by atoms with Crippen molar-refractivity contribution in [3.8, 4) is 0 Å². The lowest BCUT2D eigenvalue weighted by molar-refractivity contribution is 0.0651. The van der Waals surface area contributed by atoms with Crippen LogP contribution in [0.25, 0.3) is 0 Å². The third kappa shape index (κ3) is 3.13. The number of piperazine rings is 1. The number of rotatable bonds is 1. The second-order valence-corrected chi connectivity index (χ2v) is 4.61. The summed E-state index contributed by atoms with van der Waals surface area (Å²) in [6, 6.07) is 4.11. The van der Waals surface area contributed by atoms with Crippen LogP contribution in [0.5, 0.6) is 0 Å². The van der Waals surface area contributed by atoms with Crippen LogP contribution in [0.3, 0.4) is 0 Å². The van der Waals surface area contributed by atoms with Crippen molar-refractivity contribution >= 4 is 29.9 Å². The number of hydrogen-bond donors (Lipinski definition) is 1. The van der Waals surface area contributed by atoms with Crippen molar-refractivity contribution in [1.82, 2.24) is 10.2 Å². The van der Waals surface area contributed by atoms with Gasteiger partial charge in [0, 0.05) is 30.7 Å². The average Bonchev–Trinajstić information content (AvgIpc) is 2.32. The predicted molar refractivity (Wildman–Crippen MR) is 72.0 cm³/mol. The minimum absolute atomic E-state index is 0. The summed E-state index contributed by atoms with van der Waals surface area (Å²) in [5.41, 5.74) is 0.0475. The normalized spacial score (nSPS) is 19.3. The molecule has 1 fully saturated rings. The molecule has 6 heteroatoms. The highest BCUT2D eigenvalue weighted by Gasteiger charge is 2.25. The molecule has 1 atom stereocenters. The summed E-state index contributed by atoms with van der Waals surface area (Å²) >= 11 is 5.79. The smallest absolute Gasteiger partial charge is 0.257 e. The van der Waals surface area contributed by atoms with Gasteiger partial charge in [0.2, 0.25) is 0 Å². The molecular weight excluding hydrogens is 278 g/mol. The van der Waals surface area contributed by atoms with E-state index in [0.717, 1.165) is 13.1 Å². The van der Waals surface area contributed by atoms with Crippen LogP contribution in [-0.4, -0.2) is 36.5 Å². The largest absolute Gasteiger partial charge is 0.333 e. The Hall–Kier alpha value is -0.840. The molecule has 0 bridgehead atoms. The Balaban J connectivity index is 0.00000162. The molecule has 1 heterocycles. The van der Waals surface area contributed by atoms with Gasteiger partial charge in [-0.1, -0.05) is 11.6 Å². The fourth-order valence-electron chi connectivity index (χ4n) is 1.96. The van der Waals surface area contributed by atoms with Crippen LogP contribution in [0, 0.1) is 5.82 Å². The van der Waals surface area contributed by atoms with Crippen LogP contribution in [0.2, 0.25) is 5.02 Å². The number of amides is 1. The molecule has 1 N–H and O–H groups in total. The van der Waals surface area contributed by atoms with E-state index in [-0.39, 0.29) is 29.9 Å². The van der Waals surface area contributed by atoms with Crippen LogP contribution in [0.4, 0.5) is 4.39 Å². The molecule has 1 aliphatic heterocycles. The SMILES string of the molecule is C[C@@H]1CNCCN1C(=O)c1cc(Cl)ccc1F.Cl. The monoisotopic (exact) mass is 292 g/mol. The highest BCUT2D eigenvalue weighted by Crippen LogP contribution is 2.18. The molecule has 3 nitrogen and oxygen atoms in total. The van der Waals surface area contributed by atoms with E-state index in [2.05, 4.69) is 5.32 Å². The zero-order valence-electron chi connectivity index (χ0n) is 9.95. The van der Waals surface area contributed by atoms with E-state index in [1.165, 1.54) is 18.2 Å². The molecule has 0 spiro atoms. The molecule has 18 heavy (non-hydrogen) atoms. The molecule has 1 aromatic carbocycles. The van der Waals surface area contributed by atoms with Crippen molar-refractivity contribution in [2.45, 2.75) is 13.0 Å². The lowest BCUT2D eigenvalue weighted by Crippen LogP contribution is -2.52. The number of carbonyl (C=O) groups is 1. The van der Waals surface area contributed by atoms with Crippen LogP contribution in [0.1, 0.15) is 17.3 Å². The molecule has 1 amide bonds. The number of nitrogens with one attached hydrogen (secondary N) is 1. The van der Waals surface area contributed by atoms with Gasteiger partial charge in [-0.05, 0) is 25.1 Å². The van der Waals surface area contributed by atoms with E-state index in [1.54, 1.807) is 4.90 Å². The molecule has 100 valence electrons. The molecule has 1 saturated heterocycles. The van der Waals surface area contributed by atoms with Crippen LogP contribution >= 0.6 is 24.0 Å². The Bertz CT molecular complexity index is 442. The third-order valence-corrected chi connectivity index (χ3v) is 3.16. The molecule has 1 aliphatic rings. The van der Waals surface area contributed by atoms with Gasteiger partial charge < -0.3 is 10.2 Å². The van der Waals surface area contributed by atoms with E-state index >= 15 is 0 Å². The summed E-state index contributed by atoms with van der Waals surface area (Å²) in [6.07, 6.45) is 0. The van der Waals surface area contributed by atoms with E-state index in [0.29, 0.717) is 11.6 Å². The molecule has 0 unspecified atom stereocenters. The highest BCUT2D eigenvalue weighted by atomic mass is 35.5. The van der Waals surface area contributed by atoms with Gasteiger partial charge >= 0.3 is 0 Å². The van der Waals surface area contributed by atoms with Gasteiger partial charge in [0.1, 0.15) is 5.82 Å². The lowest BCUT2D eigenvalue weighted by atomic mass is 10.1. The first-order valence-corrected chi connectivity index (χ1v) is 5.94. The van der Waals surface area contributed by atoms with Crippen molar-refractivity contribution in [1.29, 1.82) is 0 Å². The number of hydrogen-bond acceptors (Lipinski definition) is 2. The standard InChI is InChI=1S/C12H14ClFN2O.ClH/c1-8-7-15-4-5-16(8)12(17)10-6-9(13)2-3-11(10)14;/h2-3,6,8,15H,4-5,7H2,1H3;1H/t8-;/m1./s1. The summed E-state index contributed by atoms with van der Waals surface area (Å²) in [5.74, 6) is -0.816. The predicted octanol–water partition coefficient (Wildman–Crippen LogP) is 2.33. The summed E-state index contributed by atoms with van der Waals surface area (Å²) in [6.45, 7) is 3.99. The van der Waals surface area contributed by atoms with Gasteiger partial charge in [-0.25, -0.2) is 4.39 Å². The Morgan fingerprint density at radius 2 is 2.28 bits per heavy atom. The minimum Gasteiger partial charge on any atom is -0.333 e. The second kappa shape index (κ2) is 6.36. The molecule has 0 radical (unpaired) electrons. The fourth-order valence-corrected chi connectivity index (χ4v) is 2.13. The van der Waals surface area contributed by atoms with Gasteiger partial charge in [0.25, 0.3) is 5.91 Å². The number of nitrogens with zero attached hydrogens (tertiary/aromatic N) is 1. The zero-order chi connectivity index (χ0) is 12.4. The fraction of sp³-hybridized carbons (Fsp3) is 0.417. The Kier molecular flexibility index (Phi) is 5.38. The maximum Gasteiger partial charge on any atom is 0.257 e. The summed E-state index contributed by atoms with van der Waals surface area (Å²) < 4.78 is 13.6.